The summed E-state index contributed by atoms with van der Waals surface area (Å²) in [5.41, 5.74) is -1.72. The molecule has 1 aromatic carbocycles. The van der Waals surface area contributed by atoms with E-state index in [0.717, 1.165) is 24.4 Å². The van der Waals surface area contributed by atoms with Gasteiger partial charge in [-0.3, -0.25) is 9.59 Å². The smallest absolute Gasteiger partial charge is 0.355 e. The first-order chi connectivity index (χ1) is 12.7. The second-order valence-electron chi connectivity index (χ2n) is 5.72. The molecule has 0 radical (unpaired) electrons. The molecule has 2 amide bonds. The molecular weight excluding hydrogens is 375 g/mol. The number of aromatic nitrogens is 2. The highest BCUT2D eigenvalue weighted by molar-refractivity contribution is 6.08. The van der Waals surface area contributed by atoms with Gasteiger partial charge in [-0.15, -0.1) is 0 Å². The molecule has 142 valence electrons. The Morgan fingerprint density at radius 3 is 2.67 bits per heavy atom. The molecule has 1 aliphatic rings. The van der Waals surface area contributed by atoms with E-state index >= 15 is 0 Å². The Morgan fingerprint density at radius 2 is 1.96 bits per heavy atom. The van der Waals surface area contributed by atoms with Crippen LogP contribution in [0.15, 0.2) is 30.5 Å². The Balaban J connectivity index is 1.88. The predicted octanol–water partition coefficient (Wildman–Crippen LogP) is 2.24. The summed E-state index contributed by atoms with van der Waals surface area (Å²) in [4.78, 5) is 31.5. The summed E-state index contributed by atoms with van der Waals surface area (Å²) in [5, 5.41) is 4.42. The first-order valence-electron chi connectivity index (χ1n) is 7.61. The first kappa shape index (κ1) is 18.7. The van der Waals surface area contributed by atoms with Crippen LogP contribution in [0.2, 0.25) is 0 Å². The van der Waals surface area contributed by atoms with Crippen LogP contribution in [0.1, 0.15) is 17.4 Å². The van der Waals surface area contributed by atoms with Crippen LogP contribution in [-0.2, 0) is 15.8 Å². The van der Waals surface area contributed by atoms with E-state index in [1.54, 1.807) is 0 Å². The molecule has 0 spiro atoms. The van der Waals surface area contributed by atoms with Crippen molar-refractivity contribution in [2.75, 3.05) is 11.9 Å². The zero-order valence-corrected chi connectivity index (χ0v) is 13.3. The normalized spacial score (nSPS) is 19.7. The van der Waals surface area contributed by atoms with Crippen molar-refractivity contribution in [3.63, 3.8) is 0 Å². The van der Waals surface area contributed by atoms with Crippen LogP contribution in [-0.4, -0.2) is 28.3 Å². The molecule has 0 bridgehead atoms. The Hall–Kier alpha value is -3.11. The van der Waals surface area contributed by atoms with Gasteiger partial charge in [-0.05, 0) is 18.2 Å². The highest BCUT2D eigenvalue weighted by atomic mass is 19.4. The third-order valence-electron chi connectivity index (χ3n) is 3.97. The fourth-order valence-electron chi connectivity index (χ4n) is 2.68. The van der Waals surface area contributed by atoms with E-state index < -0.39 is 52.8 Å². The number of nitrogens with zero attached hydrogens (tertiary/aromatic N) is 2. The number of benzene rings is 1. The number of alkyl halides is 3. The van der Waals surface area contributed by atoms with Crippen LogP contribution < -0.4 is 10.6 Å². The SMILES string of the molecule is O=C1NC[C@H](c2nccc(C(F)(F)F)n2)[C@H]1C(=O)Nc1cccc(F)c1F. The Morgan fingerprint density at radius 1 is 1.22 bits per heavy atom. The quantitative estimate of drug-likeness (QED) is 0.626. The van der Waals surface area contributed by atoms with Gasteiger partial charge in [0.2, 0.25) is 11.8 Å². The maximum atomic E-state index is 13.7. The van der Waals surface area contributed by atoms with Gasteiger partial charge in [-0.2, -0.15) is 13.2 Å². The Labute approximate surface area is 148 Å². The summed E-state index contributed by atoms with van der Waals surface area (Å²) < 4.78 is 65.4. The first-order valence-corrected chi connectivity index (χ1v) is 7.61. The van der Waals surface area contributed by atoms with Gasteiger partial charge in [-0.25, -0.2) is 18.7 Å². The maximum Gasteiger partial charge on any atom is 0.433 e. The monoisotopic (exact) mass is 386 g/mol. The Bertz CT molecular complexity index is 903. The van der Waals surface area contributed by atoms with Crippen LogP contribution in [0.3, 0.4) is 0 Å². The van der Waals surface area contributed by atoms with E-state index in [-0.39, 0.29) is 12.4 Å². The summed E-state index contributed by atoms with van der Waals surface area (Å²) >= 11 is 0. The average molecular weight is 386 g/mol. The molecule has 1 fully saturated rings. The zero-order valence-electron chi connectivity index (χ0n) is 13.3. The van der Waals surface area contributed by atoms with Crippen molar-refractivity contribution in [1.82, 2.24) is 15.3 Å². The number of halogens is 5. The zero-order chi connectivity index (χ0) is 19.8. The van der Waals surface area contributed by atoms with Gasteiger partial charge in [-0.1, -0.05) is 6.07 Å². The fraction of sp³-hybridized carbons (Fsp3) is 0.250. The molecule has 2 atom stereocenters. The van der Waals surface area contributed by atoms with Crippen molar-refractivity contribution in [3.05, 3.63) is 53.6 Å². The third-order valence-corrected chi connectivity index (χ3v) is 3.97. The van der Waals surface area contributed by atoms with E-state index in [9.17, 15) is 31.5 Å². The van der Waals surface area contributed by atoms with Crippen molar-refractivity contribution in [3.8, 4) is 0 Å². The number of carbonyl (C=O) groups excluding carboxylic acids is 2. The molecule has 11 heteroatoms. The minimum atomic E-state index is -4.73. The topological polar surface area (TPSA) is 84.0 Å². The molecule has 27 heavy (non-hydrogen) atoms. The van der Waals surface area contributed by atoms with Gasteiger partial charge in [0, 0.05) is 12.7 Å². The Kier molecular flexibility index (Phi) is 4.77. The molecule has 2 N–H and O–H groups in total. The number of hydrogen-bond acceptors (Lipinski definition) is 4. The number of nitrogens with one attached hydrogen (secondary N) is 2. The molecule has 6 nitrogen and oxygen atoms in total. The van der Waals surface area contributed by atoms with E-state index in [4.69, 9.17) is 0 Å². The van der Waals surface area contributed by atoms with Gasteiger partial charge >= 0.3 is 6.18 Å². The lowest BCUT2D eigenvalue weighted by atomic mass is 9.93. The standard InChI is InChI=1S/C16H11F5N4O2/c17-8-2-1-3-9(12(8)18)24-15(27)11-7(6-23-14(11)26)13-22-5-4-10(25-13)16(19,20)21/h1-5,7,11H,6H2,(H,23,26)(H,24,27)/t7-,11+/m0/s1. The van der Waals surface area contributed by atoms with Gasteiger partial charge in [0.05, 0.1) is 11.6 Å². The van der Waals surface area contributed by atoms with E-state index in [1.165, 1.54) is 0 Å². The number of anilines is 1. The summed E-state index contributed by atoms with van der Waals surface area (Å²) in [6.07, 6.45) is -3.86. The third kappa shape index (κ3) is 3.71. The van der Waals surface area contributed by atoms with Gasteiger partial charge in [0.15, 0.2) is 11.6 Å². The van der Waals surface area contributed by atoms with Crippen molar-refractivity contribution in [2.45, 2.75) is 12.1 Å². The lowest BCUT2D eigenvalue weighted by Gasteiger charge is -2.16. The molecule has 1 saturated heterocycles. The minimum absolute atomic E-state index is 0.177. The average Bonchev–Trinajstić information content (AvgIpc) is 3.00. The molecule has 1 aromatic heterocycles. The van der Waals surface area contributed by atoms with Crippen molar-refractivity contribution in [2.24, 2.45) is 5.92 Å². The summed E-state index contributed by atoms with van der Waals surface area (Å²) in [5.74, 6) is -7.29. The minimum Gasteiger partial charge on any atom is -0.355 e. The highest BCUT2D eigenvalue weighted by Gasteiger charge is 2.44. The van der Waals surface area contributed by atoms with Gasteiger partial charge in [0.25, 0.3) is 0 Å². The van der Waals surface area contributed by atoms with Crippen molar-refractivity contribution >= 4 is 17.5 Å². The van der Waals surface area contributed by atoms with Gasteiger partial charge in [0.1, 0.15) is 17.4 Å². The molecule has 3 rings (SSSR count). The van der Waals surface area contributed by atoms with Gasteiger partial charge < -0.3 is 10.6 Å². The highest BCUT2D eigenvalue weighted by Crippen LogP contribution is 2.32. The van der Waals surface area contributed by atoms with Crippen LogP contribution in [0.4, 0.5) is 27.6 Å². The van der Waals surface area contributed by atoms with E-state index in [1.807, 2.05) is 0 Å². The second-order valence-corrected chi connectivity index (χ2v) is 5.72. The van der Waals surface area contributed by atoms with Crippen LogP contribution in [0.25, 0.3) is 0 Å². The van der Waals surface area contributed by atoms with Crippen LogP contribution in [0, 0.1) is 17.6 Å². The van der Waals surface area contributed by atoms with Crippen LogP contribution >= 0.6 is 0 Å². The molecular formula is C16H11F5N4O2. The van der Waals surface area contributed by atoms with Crippen molar-refractivity contribution < 1.29 is 31.5 Å². The summed E-state index contributed by atoms with van der Waals surface area (Å²) in [7, 11) is 0. The molecule has 1 aliphatic heterocycles. The lowest BCUT2D eigenvalue weighted by Crippen LogP contribution is -2.33. The number of amides is 2. The fourth-order valence-corrected chi connectivity index (χ4v) is 2.68. The number of hydrogen-bond donors (Lipinski definition) is 2. The largest absolute Gasteiger partial charge is 0.433 e. The lowest BCUT2D eigenvalue weighted by molar-refractivity contribution is -0.141. The number of carbonyl (C=O) groups is 2. The molecule has 0 aliphatic carbocycles. The molecule has 0 unspecified atom stereocenters. The van der Waals surface area contributed by atoms with E-state index in [2.05, 4.69) is 20.6 Å². The maximum absolute atomic E-state index is 13.7. The van der Waals surface area contributed by atoms with E-state index in [0.29, 0.717) is 6.07 Å². The summed E-state index contributed by atoms with van der Waals surface area (Å²) in [6.45, 7) is -0.177. The molecule has 0 saturated carbocycles. The van der Waals surface area contributed by atoms with Crippen LogP contribution in [0.5, 0.6) is 0 Å². The second kappa shape index (κ2) is 6.89. The number of rotatable bonds is 3. The van der Waals surface area contributed by atoms with Crippen molar-refractivity contribution in [1.29, 1.82) is 0 Å². The predicted molar refractivity (Wildman–Crippen MR) is 81.3 cm³/mol. The molecule has 2 aromatic rings. The molecule has 2 heterocycles. The summed E-state index contributed by atoms with van der Waals surface area (Å²) in [6, 6.07) is 3.73.